The summed E-state index contributed by atoms with van der Waals surface area (Å²) in [5.74, 6) is 0. The van der Waals surface area contributed by atoms with Crippen LogP contribution in [0.1, 0.15) is 0 Å². The summed E-state index contributed by atoms with van der Waals surface area (Å²) in [6, 6.07) is 12.6. The van der Waals surface area contributed by atoms with Gasteiger partial charge >= 0.3 is 0 Å². The molecule has 0 bridgehead atoms. The topological polar surface area (TPSA) is 85.6 Å². The molecule has 3 aromatic rings. The first-order valence-electron chi connectivity index (χ1n) is 7.53. The van der Waals surface area contributed by atoms with E-state index in [1.165, 1.54) is 24.3 Å². The van der Waals surface area contributed by atoms with Crippen LogP contribution in [0.5, 0.6) is 0 Å². The largest absolute Gasteiger partial charge is 0.312 e. The molecule has 0 spiro atoms. The van der Waals surface area contributed by atoms with Crippen molar-refractivity contribution in [2.75, 3.05) is 6.26 Å². The van der Waals surface area contributed by atoms with Gasteiger partial charge in [-0.1, -0.05) is 35.6 Å². The molecule has 0 unspecified atom stereocenters. The van der Waals surface area contributed by atoms with Gasteiger partial charge in [-0.3, -0.25) is 0 Å². The third-order valence-electron chi connectivity index (χ3n) is 3.63. The van der Waals surface area contributed by atoms with Crippen LogP contribution in [0.4, 0.5) is 0 Å². The van der Waals surface area contributed by atoms with Gasteiger partial charge in [0.2, 0.25) is 4.80 Å². The number of aromatic nitrogens is 1. The van der Waals surface area contributed by atoms with Crippen molar-refractivity contribution in [3.05, 3.63) is 66.0 Å². The van der Waals surface area contributed by atoms with E-state index >= 15 is 0 Å². The molecule has 0 amide bonds. The normalized spacial score (nSPS) is 13.2. The quantitative estimate of drug-likeness (QED) is 0.607. The van der Waals surface area contributed by atoms with Gasteiger partial charge in [0.05, 0.1) is 20.0 Å². The first-order valence-corrected chi connectivity index (χ1v) is 11.7. The molecule has 6 nitrogen and oxygen atoms in total. The summed E-state index contributed by atoms with van der Waals surface area (Å²) in [5, 5.41) is 0. The van der Waals surface area contributed by atoms with Crippen LogP contribution < -0.4 is 4.80 Å². The van der Waals surface area contributed by atoms with Crippen LogP contribution in [0.2, 0.25) is 0 Å². The fourth-order valence-electron chi connectivity index (χ4n) is 2.41. The third-order valence-corrected chi connectivity index (χ3v) is 7.18. The third kappa shape index (κ3) is 3.64. The van der Waals surface area contributed by atoms with Crippen LogP contribution in [-0.4, -0.2) is 27.7 Å². The Balaban J connectivity index is 2.28. The van der Waals surface area contributed by atoms with Gasteiger partial charge in [-0.25, -0.2) is 8.42 Å². The van der Waals surface area contributed by atoms with E-state index in [9.17, 15) is 16.8 Å². The summed E-state index contributed by atoms with van der Waals surface area (Å²) in [7, 11) is -7.24. The van der Waals surface area contributed by atoms with Crippen molar-refractivity contribution >= 4 is 41.4 Å². The van der Waals surface area contributed by atoms with Gasteiger partial charge in [0.1, 0.15) is 0 Å². The molecule has 2 aromatic carbocycles. The molecule has 0 atom stereocenters. The van der Waals surface area contributed by atoms with Gasteiger partial charge < -0.3 is 4.57 Å². The van der Waals surface area contributed by atoms with Gasteiger partial charge in [0.15, 0.2) is 9.84 Å². The summed E-state index contributed by atoms with van der Waals surface area (Å²) >= 11 is 1.12. The molecule has 9 heteroatoms. The SMILES string of the molecule is C=CCn1/c(=N/S(=O)(=O)c2ccccc2)sc2cc(S(C)(=O)=O)ccc21. The van der Waals surface area contributed by atoms with Crippen molar-refractivity contribution in [1.29, 1.82) is 0 Å². The Kier molecular flexibility index (Phi) is 4.87. The van der Waals surface area contributed by atoms with E-state index < -0.39 is 19.9 Å². The predicted octanol–water partition coefficient (Wildman–Crippen LogP) is 2.58. The number of rotatable bonds is 5. The van der Waals surface area contributed by atoms with Crippen LogP contribution in [-0.2, 0) is 26.4 Å². The van der Waals surface area contributed by atoms with Crippen molar-refractivity contribution in [3.63, 3.8) is 0 Å². The highest BCUT2D eigenvalue weighted by Crippen LogP contribution is 2.22. The Labute approximate surface area is 155 Å². The lowest BCUT2D eigenvalue weighted by Crippen LogP contribution is -2.16. The van der Waals surface area contributed by atoms with E-state index in [-0.39, 0.29) is 14.6 Å². The molecule has 0 N–H and O–H groups in total. The van der Waals surface area contributed by atoms with Crippen LogP contribution >= 0.6 is 11.3 Å². The number of hydrogen-bond donors (Lipinski definition) is 0. The fourth-order valence-corrected chi connectivity index (χ4v) is 5.43. The maximum Gasteiger partial charge on any atom is 0.285 e. The van der Waals surface area contributed by atoms with Crippen LogP contribution in [0.3, 0.4) is 0 Å². The molecule has 26 heavy (non-hydrogen) atoms. The highest BCUT2D eigenvalue weighted by Gasteiger charge is 2.15. The monoisotopic (exact) mass is 408 g/mol. The van der Waals surface area contributed by atoms with Gasteiger partial charge in [-0.15, -0.1) is 11.0 Å². The molecule has 136 valence electrons. The van der Waals surface area contributed by atoms with Crippen molar-refractivity contribution < 1.29 is 16.8 Å². The second-order valence-corrected chi connectivity index (χ2v) is 10.2. The molecule has 1 heterocycles. The zero-order chi connectivity index (χ0) is 18.9. The van der Waals surface area contributed by atoms with Crippen molar-refractivity contribution in [3.8, 4) is 0 Å². The number of thiazole rings is 1. The number of sulfonamides is 1. The Hall–Kier alpha value is -2.23. The number of sulfone groups is 1. The van der Waals surface area contributed by atoms with Gasteiger partial charge in [-0.2, -0.15) is 8.42 Å². The van der Waals surface area contributed by atoms with Gasteiger partial charge in [-0.05, 0) is 30.3 Å². The minimum atomic E-state index is -3.88. The lowest BCUT2D eigenvalue weighted by molar-refractivity contribution is 0.595. The highest BCUT2D eigenvalue weighted by molar-refractivity contribution is 7.90. The Morgan fingerprint density at radius 3 is 2.38 bits per heavy atom. The second kappa shape index (κ2) is 6.82. The molecular weight excluding hydrogens is 392 g/mol. The first kappa shape index (κ1) is 18.6. The van der Waals surface area contributed by atoms with Crippen molar-refractivity contribution in [2.24, 2.45) is 4.40 Å². The maximum absolute atomic E-state index is 12.6. The minimum absolute atomic E-state index is 0.0967. The molecule has 0 saturated carbocycles. The number of benzene rings is 2. The summed E-state index contributed by atoms with van der Waals surface area (Å²) in [6.07, 6.45) is 2.76. The number of hydrogen-bond acceptors (Lipinski definition) is 5. The van der Waals surface area contributed by atoms with E-state index in [0.717, 1.165) is 17.6 Å². The molecule has 1 aromatic heterocycles. The zero-order valence-corrected chi connectivity index (χ0v) is 16.3. The standard InChI is InChI=1S/C17H16N2O4S3/c1-3-11-19-15-10-9-14(25(2,20)21)12-16(15)24-17(19)18-26(22,23)13-7-5-4-6-8-13/h3-10,12H,1,11H2,2H3/b18-17-. The van der Waals surface area contributed by atoms with Gasteiger partial charge in [0.25, 0.3) is 10.0 Å². The lowest BCUT2D eigenvalue weighted by Gasteiger charge is -2.02. The van der Waals surface area contributed by atoms with E-state index in [2.05, 4.69) is 11.0 Å². The molecule has 0 fully saturated rings. The number of fused-ring (bicyclic) bond motifs is 1. The Bertz CT molecular complexity index is 1250. The summed E-state index contributed by atoms with van der Waals surface area (Å²) in [5.41, 5.74) is 0.698. The van der Waals surface area contributed by atoms with E-state index in [1.54, 1.807) is 34.9 Å². The Morgan fingerprint density at radius 1 is 1.08 bits per heavy atom. The molecule has 0 aliphatic carbocycles. The first-order chi connectivity index (χ1) is 12.2. The van der Waals surface area contributed by atoms with Gasteiger partial charge in [0, 0.05) is 12.8 Å². The minimum Gasteiger partial charge on any atom is -0.312 e. The molecule has 0 aliphatic heterocycles. The van der Waals surface area contributed by atoms with E-state index in [4.69, 9.17) is 0 Å². The van der Waals surface area contributed by atoms with Crippen molar-refractivity contribution in [1.82, 2.24) is 4.57 Å². The number of allylic oxidation sites excluding steroid dienone is 1. The zero-order valence-electron chi connectivity index (χ0n) is 13.9. The van der Waals surface area contributed by atoms with Crippen LogP contribution in [0.25, 0.3) is 10.2 Å². The van der Waals surface area contributed by atoms with E-state index in [1.807, 2.05) is 0 Å². The van der Waals surface area contributed by atoms with E-state index in [0.29, 0.717) is 16.8 Å². The molecule has 0 aliphatic rings. The highest BCUT2D eigenvalue weighted by atomic mass is 32.2. The number of nitrogens with zero attached hydrogens (tertiary/aromatic N) is 2. The Morgan fingerprint density at radius 2 is 1.77 bits per heavy atom. The molecular formula is C17H16N2O4S3. The fraction of sp³-hybridized carbons (Fsp3) is 0.118. The average molecular weight is 409 g/mol. The molecule has 3 rings (SSSR count). The van der Waals surface area contributed by atoms with Crippen LogP contribution in [0.15, 0.2) is 75.4 Å². The van der Waals surface area contributed by atoms with Crippen LogP contribution in [0, 0.1) is 0 Å². The summed E-state index contributed by atoms with van der Waals surface area (Å²) in [6.45, 7) is 4.04. The summed E-state index contributed by atoms with van der Waals surface area (Å²) < 4.78 is 55.0. The lowest BCUT2D eigenvalue weighted by atomic mass is 10.3. The average Bonchev–Trinajstić information content (AvgIpc) is 2.91. The second-order valence-electron chi connectivity index (χ2n) is 5.57. The molecule has 0 radical (unpaired) electrons. The smallest absolute Gasteiger partial charge is 0.285 e. The predicted molar refractivity (Wildman–Crippen MR) is 102 cm³/mol. The van der Waals surface area contributed by atoms with Crippen molar-refractivity contribution in [2.45, 2.75) is 16.3 Å². The maximum atomic E-state index is 12.6. The molecule has 0 saturated heterocycles. The summed E-state index contributed by atoms with van der Waals surface area (Å²) in [4.78, 5) is 0.531.